The number of nitrogens with one attached hydrogen (secondary N) is 1. The van der Waals surface area contributed by atoms with Crippen LogP contribution in [0.5, 0.6) is 5.75 Å². The molecule has 1 unspecified atom stereocenters. The first-order chi connectivity index (χ1) is 7.93. The minimum absolute atomic E-state index is 0.0988. The molecule has 0 saturated carbocycles. The van der Waals surface area contributed by atoms with Crippen molar-refractivity contribution >= 4 is 23.2 Å². The fourth-order valence-electron chi connectivity index (χ4n) is 1.40. The van der Waals surface area contributed by atoms with Gasteiger partial charge in [0.25, 0.3) is 5.91 Å². The molecule has 1 rings (SSSR count). The molecule has 0 saturated heterocycles. The first kappa shape index (κ1) is 13.5. The van der Waals surface area contributed by atoms with E-state index in [1.807, 2.05) is 6.92 Å². The lowest BCUT2D eigenvalue weighted by Crippen LogP contribution is -2.33. The maximum Gasteiger partial charge on any atom is 0.305 e. The Bertz CT molecular complexity index is 427. The average Bonchev–Trinajstić information content (AvgIpc) is 2.58. The highest BCUT2D eigenvalue weighted by atomic mass is 32.1. The fourth-order valence-corrected chi connectivity index (χ4v) is 2.29. The summed E-state index contributed by atoms with van der Waals surface area (Å²) >= 11 is 1.32. The van der Waals surface area contributed by atoms with Crippen LogP contribution in [0.3, 0.4) is 0 Å². The minimum Gasteiger partial charge on any atom is -0.495 e. The summed E-state index contributed by atoms with van der Waals surface area (Å²) in [5.41, 5.74) is 0. The van der Waals surface area contributed by atoms with E-state index in [2.05, 4.69) is 5.32 Å². The van der Waals surface area contributed by atoms with Crippen LogP contribution in [-0.4, -0.2) is 30.1 Å². The summed E-state index contributed by atoms with van der Waals surface area (Å²) in [5, 5.41) is 11.2. The van der Waals surface area contributed by atoms with E-state index in [0.29, 0.717) is 10.6 Å². The molecule has 0 aliphatic heterocycles. The van der Waals surface area contributed by atoms with Crippen molar-refractivity contribution in [2.75, 3.05) is 7.11 Å². The molecule has 2 N–H and O–H groups in total. The molecule has 0 spiro atoms. The van der Waals surface area contributed by atoms with Gasteiger partial charge in [-0.1, -0.05) is 0 Å². The lowest BCUT2D eigenvalue weighted by atomic mass is 10.2. The van der Waals surface area contributed by atoms with Crippen LogP contribution in [0.1, 0.15) is 27.9 Å². The molecule has 5 nitrogen and oxygen atoms in total. The zero-order chi connectivity index (χ0) is 13.0. The molecule has 94 valence electrons. The average molecular weight is 257 g/mol. The molecule has 0 aliphatic carbocycles. The third-order valence-corrected chi connectivity index (χ3v) is 3.14. The smallest absolute Gasteiger partial charge is 0.305 e. The van der Waals surface area contributed by atoms with Crippen LogP contribution in [0.4, 0.5) is 0 Å². The van der Waals surface area contributed by atoms with Crippen molar-refractivity contribution in [3.8, 4) is 5.75 Å². The van der Waals surface area contributed by atoms with Crippen LogP contribution in [0.25, 0.3) is 0 Å². The number of aryl methyl sites for hydroxylation is 1. The van der Waals surface area contributed by atoms with Crippen LogP contribution in [0, 0.1) is 6.92 Å². The van der Waals surface area contributed by atoms with Crippen molar-refractivity contribution < 1.29 is 19.4 Å². The van der Waals surface area contributed by atoms with E-state index in [9.17, 15) is 9.59 Å². The highest BCUT2D eigenvalue weighted by Gasteiger charge is 2.18. The number of carbonyl (C=O) groups excluding carboxylic acids is 1. The molecule has 0 radical (unpaired) electrons. The third-order valence-electron chi connectivity index (χ3n) is 2.11. The molecular formula is C11H15NO4S. The lowest BCUT2D eigenvalue weighted by molar-refractivity contribution is -0.137. The second-order valence-corrected chi connectivity index (χ2v) is 4.98. The Morgan fingerprint density at radius 2 is 2.24 bits per heavy atom. The molecule has 0 aliphatic rings. The normalized spacial score (nSPS) is 11.9. The minimum atomic E-state index is -0.938. The summed E-state index contributed by atoms with van der Waals surface area (Å²) in [6.45, 7) is 3.53. The van der Waals surface area contributed by atoms with Gasteiger partial charge < -0.3 is 15.2 Å². The van der Waals surface area contributed by atoms with E-state index < -0.39 is 12.0 Å². The van der Waals surface area contributed by atoms with Gasteiger partial charge in [0.15, 0.2) is 0 Å². The number of hydrogen-bond acceptors (Lipinski definition) is 4. The van der Waals surface area contributed by atoms with Crippen molar-refractivity contribution in [2.45, 2.75) is 26.3 Å². The molecule has 6 heteroatoms. The van der Waals surface area contributed by atoms with Gasteiger partial charge in [0.1, 0.15) is 10.6 Å². The number of carbonyl (C=O) groups is 2. The Labute approximate surface area is 103 Å². The van der Waals surface area contributed by atoms with Crippen molar-refractivity contribution in [3.63, 3.8) is 0 Å². The number of ether oxygens (including phenoxy) is 1. The Morgan fingerprint density at radius 3 is 2.76 bits per heavy atom. The predicted octanol–water partition coefficient (Wildman–Crippen LogP) is 1.66. The molecule has 17 heavy (non-hydrogen) atoms. The molecule has 1 heterocycles. The molecule has 1 aromatic heterocycles. The number of carboxylic acids is 1. The second-order valence-electron chi connectivity index (χ2n) is 3.73. The maximum atomic E-state index is 11.9. The number of carboxylic acid groups (broad SMARTS) is 1. The largest absolute Gasteiger partial charge is 0.495 e. The maximum absolute atomic E-state index is 11.9. The van der Waals surface area contributed by atoms with Crippen LogP contribution in [0.2, 0.25) is 0 Å². The Morgan fingerprint density at radius 1 is 1.59 bits per heavy atom. The van der Waals surface area contributed by atoms with Crippen molar-refractivity contribution in [1.82, 2.24) is 5.32 Å². The zero-order valence-electron chi connectivity index (χ0n) is 9.94. The van der Waals surface area contributed by atoms with E-state index >= 15 is 0 Å². The van der Waals surface area contributed by atoms with Crippen LogP contribution < -0.4 is 10.1 Å². The van der Waals surface area contributed by atoms with Gasteiger partial charge in [-0.3, -0.25) is 9.59 Å². The third kappa shape index (κ3) is 3.74. The van der Waals surface area contributed by atoms with Gasteiger partial charge in [-0.25, -0.2) is 0 Å². The number of methoxy groups -OCH3 is 1. The summed E-state index contributed by atoms with van der Waals surface area (Å²) in [6.07, 6.45) is -0.0988. The SMILES string of the molecule is COc1cc(C)sc1C(=O)NC(C)CC(=O)O. The van der Waals surface area contributed by atoms with Crippen molar-refractivity contribution in [1.29, 1.82) is 0 Å². The van der Waals surface area contributed by atoms with Gasteiger partial charge in [0, 0.05) is 10.9 Å². The first-order valence-electron chi connectivity index (χ1n) is 5.11. The molecule has 0 fully saturated rings. The van der Waals surface area contributed by atoms with E-state index in [1.165, 1.54) is 18.4 Å². The van der Waals surface area contributed by atoms with Gasteiger partial charge in [-0.2, -0.15) is 0 Å². The number of thiophene rings is 1. The standard InChI is InChI=1S/C11H15NO4S/c1-6(4-9(13)14)12-11(15)10-8(16-3)5-7(2)17-10/h5-6H,4H2,1-3H3,(H,12,15)(H,13,14). The Hall–Kier alpha value is -1.56. The number of rotatable bonds is 5. The highest BCUT2D eigenvalue weighted by Crippen LogP contribution is 2.28. The lowest BCUT2D eigenvalue weighted by Gasteiger charge is -2.11. The summed E-state index contributed by atoms with van der Waals surface area (Å²) < 4.78 is 5.08. The molecular weight excluding hydrogens is 242 g/mol. The monoisotopic (exact) mass is 257 g/mol. The Balaban J connectivity index is 2.72. The summed E-state index contributed by atoms with van der Waals surface area (Å²) in [4.78, 5) is 23.8. The van der Waals surface area contributed by atoms with Crippen molar-refractivity contribution in [2.24, 2.45) is 0 Å². The summed E-state index contributed by atoms with van der Waals surface area (Å²) in [6, 6.07) is 1.37. The van der Waals surface area contributed by atoms with Gasteiger partial charge >= 0.3 is 5.97 Å². The van der Waals surface area contributed by atoms with E-state index in [0.717, 1.165) is 4.88 Å². The van der Waals surface area contributed by atoms with Gasteiger partial charge in [-0.15, -0.1) is 11.3 Å². The number of hydrogen-bond donors (Lipinski definition) is 2. The van der Waals surface area contributed by atoms with Crippen molar-refractivity contribution in [3.05, 3.63) is 15.8 Å². The molecule has 0 aromatic carbocycles. The van der Waals surface area contributed by atoms with E-state index in [1.54, 1.807) is 13.0 Å². The second kappa shape index (κ2) is 5.67. The molecule has 1 aromatic rings. The molecule has 1 amide bonds. The number of amides is 1. The summed E-state index contributed by atoms with van der Waals surface area (Å²) in [7, 11) is 1.50. The number of aliphatic carboxylic acids is 1. The fraction of sp³-hybridized carbons (Fsp3) is 0.455. The van der Waals surface area contributed by atoms with Crippen LogP contribution in [0.15, 0.2) is 6.07 Å². The van der Waals surface area contributed by atoms with Gasteiger partial charge in [-0.05, 0) is 19.9 Å². The molecule has 0 bridgehead atoms. The van der Waals surface area contributed by atoms with E-state index in [4.69, 9.17) is 9.84 Å². The summed E-state index contributed by atoms with van der Waals surface area (Å²) in [5.74, 6) is -0.714. The zero-order valence-corrected chi connectivity index (χ0v) is 10.8. The highest BCUT2D eigenvalue weighted by molar-refractivity contribution is 7.14. The van der Waals surface area contributed by atoms with Gasteiger partial charge in [0.05, 0.1) is 13.5 Å². The first-order valence-corrected chi connectivity index (χ1v) is 5.92. The van der Waals surface area contributed by atoms with Gasteiger partial charge in [0.2, 0.25) is 0 Å². The van der Waals surface area contributed by atoms with Crippen LogP contribution >= 0.6 is 11.3 Å². The molecule has 1 atom stereocenters. The van der Waals surface area contributed by atoms with Crippen LogP contribution in [-0.2, 0) is 4.79 Å². The topological polar surface area (TPSA) is 75.6 Å². The van der Waals surface area contributed by atoms with E-state index in [-0.39, 0.29) is 12.3 Å². The quantitative estimate of drug-likeness (QED) is 0.841. The predicted molar refractivity (Wildman–Crippen MR) is 64.8 cm³/mol. The Kier molecular flexibility index (Phi) is 4.51.